The molecular weight excluding hydrogens is 570 g/mol. The van der Waals surface area contributed by atoms with Crippen LogP contribution in [-0.4, -0.2) is 70.9 Å². The summed E-state index contributed by atoms with van der Waals surface area (Å²) in [7, 11) is 2.06. The van der Waals surface area contributed by atoms with Gasteiger partial charge in [-0.25, -0.2) is 4.79 Å². The van der Waals surface area contributed by atoms with E-state index in [1.807, 2.05) is 25.1 Å². The summed E-state index contributed by atoms with van der Waals surface area (Å²) in [5, 5.41) is 19.4. The van der Waals surface area contributed by atoms with E-state index in [0.29, 0.717) is 47.2 Å². The van der Waals surface area contributed by atoms with Gasteiger partial charge in [0.2, 0.25) is 0 Å². The number of rotatable bonds is 9. The topological polar surface area (TPSA) is 120 Å². The van der Waals surface area contributed by atoms with E-state index in [0.717, 1.165) is 6.54 Å². The Morgan fingerprint density at radius 1 is 1.07 bits per heavy atom. The first kappa shape index (κ1) is 31.7. The number of amides is 3. The monoisotopic (exact) mass is 611 g/mol. The second-order valence-corrected chi connectivity index (χ2v) is 11.9. The molecule has 0 unspecified atom stereocenters. The average Bonchev–Trinajstić information content (AvgIpc) is 3.35. The van der Waals surface area contributed by atoms with Crippen molar-refractivity contribution in [3.8, 4) is 16.9 Å². The molecule has 1 aliphatic heterocycles. The average molecular weight is 612 g/mol. The maximum atomic E-state index is 13.8. The summed E-state index contributed by atoms with van der Waals surface area (Å²) < 4.78 is 11.7. The Bertz CT molecular complexity index is 1600. The van der Waals surface area contributed by atoms with Crippen molar-refractivity contribution in [2.24, 2.45) is 5.92 Å². The smallest absolute Gasteiger partial charge is 0.323 e. The van der Waals surface area contributed by atoms with Crippen LogP contribution in [0.15, 0.2) is 77.3 Å². The third kappa shape index (κ3) is 7.53. The van der Waals surface area contributed by atoms with Gasteiger partial charge in [0, 0.05) is 31.2 Å². The lowest BCUT2D eigenvalue weighted by atomic mass is 9.99. The molecule has 1 aromatic heterocycles. The molecule has 1 aliphatic rings. The first-order chi connectivity index (χ1) is 21.6. The molecule has 0 fully saturated rings. The van der Waals surface area contributed by atoms with Crippen LogP contribution in [0.1, 0.15) is 41.2 Å². The number of hydrogen-bond acceptors (Lipinski definition) is 7. The standard InChI is InChI=1S/C35H41N5O5/c1-22-18-40(23(2)21-41)34(42)30-17-29(36-35(43)37-33-24(3)38-45-25(33)4)15-16-31(30)44-32(22)20-39(5)19-26-11-13-28(14-12-26)27-9-7-6-8-10-27/h6-17,22-23,32,41H,18-21H2,1-5H3,(H2,36,37,43)/t22-,23-,32+/m1/s1. The number of fused-ring (bicyclic) bond motifs is 1. The van der Waals surface area contributed by atoms with E-state index in [9.17, 15) is 14.7 Å². The first-order valence-electron chi connectivity index (χ1n) is 15.2. The van der Waals surface area contributed by atoms with Gasteiger partial charge in [0.15, 0.2) is 5.76 Å². The van der Waals surface area contributed by atoms with Gasteiger partial charge in [-0.15, -0.1) is 0 Å². The number of anilines is 2. The number of aliphatic hydroxyl groups is 1. The number of nitrogens with one attached hydrogen (secondary N) is 2. The maximum absolute atomic E-state index is 13.8. The minimum atomic E-state index is -0.492. The summed E-state index contributed by atoms with van der Waals surface area (Å²) in [4.78, 5) is 30.5. The molecule has 10 nitrogen and oxygen atoms in total. The second kappa shape index (κ2) is 14.0. The Balaban J connectivity index is 1.33. The molecule has 0 aliphatic carbocycles. The molecule has 3 N–H and O–H groups in total. The van der Waals surface area contributed by atoms with Gasteiger partial charge in [0.1, 0.15) is 23.2 Å². The van der Waals surface area contributed by atoms with E-state index in [-0.39, 0.29) is 24.5 Å². The molecular formula is C35H41N5O5. The van der Waals surface area contributed by atoms with Crippen LogP contribution in [0.5, 0.6) is 5.75 Å². The van der Waals surface area contributed by atoms with Gasteiger partial charge in [-0.3, -0.25) is 9.69 Å². The highest BCUT2D eigenvalue weighted by Gasteiger charge is 2.33. The summed E-state index contributed by atoms with van der Waals surface area (Å²) in [5.74, 6) is 0.646. The van der Waals surface area contributed by atoms with Gasteiger partial charge in [-0.2, -0.15) is 0 Å². The van der Waals surface area contributed by atoms with Crippen molar-refractivity contribution >= 4 is 23.3 Å². The van der Waals surface area contributed by atoms with Crippen molar-refractivity contribution in [2.45, 2.75) is 46.4 Å². The Kier molecular flexibility index (Phi) is 9.85. The minimum absolute atomic E-state index is 0.0161. The lowest BCUT2D eigenvalue weighted by Gasteiger charge is -2.38. The highest BCUT2D eigenvalue weighted by Crippen LogP contribution is 2.31. The van der Waals surface area contributed by atoms with Crippen LogP contribution in [0.2, 0.25) is 0 Å². The van der Waals surface area contributed by atoms with E-state index in [1.165, 1.54) is 16.7 Å². The predicted molar refractivity (Wildman–Crippen MR) is 174 cm³/mol. The number of carbonyl (C=O) groups excluding carboxylic acids is 2. The van der Waals surface area contributed by atoms with E-state index >= 15 is 0 Å². The van der Waals surface area contributed by atoms with E-state index in [2.05, 4.69) is 71.1 Å². The molecule has 4 aromatic rings. The largest absolute Gasteiger partial charge is 0.488 e. The summed E-state index contributed by atoms with van der Waals surface area (Å²) in [6.07, 6.45) is -0.236. The number of carbonyl (C=O) groups is 2. The van der Waals surface area contributed by atoms with Crippen LogP contribution < -0.4 is 15.4 Å². The number of aromatic nitrogens is 1. The second-order valence-electron chi connectivity index (χ2n) is 11.9. The van der Waals surface area contributed by atoms with Gasteiger partial charge >= 0.3 is 6.03 Å². The number of aliphatic hydroxyl groups excluding tert-OH is 1. The number of urea groups is 1. The summed E-state index contributed by atoms with van der Waals surface area (Å²) >= 11 is 0. The summed E-state index contributed by atoms with van der Waals surface area (Å²) in [6.45, 7) is 8.93. The Hall–Kier alpha value is -4.67. The van der Waals surface area contributed by atoms with E-state index in [1.54, 1.807) is 36.9 Å². The van der Waals surface area contributed by atoms with Crippen LogP contribution in [0.4, 0.5) is 16.2 Å². The van der Waals surface area contributed by atoms with Gasteiger partial charge < -0.3 is 29.9 Å². The van der Waals surface area contributed by atoms with Crippen molar-refractivity contribution in [3.63, 3.8) is 0 Å². The number of benzene rings is 3. The molecule has 0 bridgehead atoms. The van der Waals surface area contributed by atoms with Gasteiger partial charge in [-0.1, -0.05) is 66.7 Å². The third-order valence-electron chi connectivity index (χ3n) is 8.20. The summed E-state index contributed by atoms with van der Waals surface area (Å²) in [6, 6.07) is 23.0. The molecule has 3 atom stereocenters. The van der Waals surface area contributed by atoms with Crippen molar-refractivity contribution < 1.29 is 24.0 Å². The molecule has 10 heteroatoms. The highest BCUT2D eigenvalue weighted by atomic mass is 16.5. The molecule has 2 heterocycles. The van der Waals surface area contributed by atoms with Crippen LogP contribution in [0, 0.1) is 19.8 Å². The normalized spacial score (nSPS) is 17.2. The first-order valence-corrected chi connectivity index (χ1v) is 15.2. The molecule has 3 aromatic carbocycles. The SMILES string of the molecule is Cc1noc(C)c1NC(=O)Nc1ccc2c(c1)C(=O)N([C@H](C)CO)C[C@@H](C)[C@H](CN(C)Cc1ccc(-c3ccccc3)cc1)O2. The number of likely N-dealkylation sites (N-methyl/N-ethyl adjacent to an activating group) is 1. The van der Waals surface area contributed by atoms with E-state index < -0.39 is 12.1 Å². The van der Waals surface area contributed by atoms with Gasteiger partial charge in [0.25, 0.3) is 5.91 Å². The molecule has 0 spiro atoms. The fourth-order valence-corrected chi connectivity index (χ4v) is 5.57. The fourth-order valence-electron chi connectivity index (χ4n) is 5.57. The molecule has 5 rings (SSSR count). The molecule has 3 amide bonds. The molecule has 0 saturated carbocycles. The molecule has 0 radical (unpaired) electrons. The Morgan fingerprint density at radius 3 is 2.44 bits per heavy atom. The minimum Gasteiger partial charge on any atom is -0.488 e. The van der Waals surface area contributed by atoms with Crippen LogP contribution in [0.3, 0.4) is 0 Å². The maximum Gasteiger partial charge on any atom is 0.323 e. The zero-order valence-corrected chi connectivity index (χ0v) is 26.4. The van der Waals surface area contributed by atoms with Crippen molar-refractivity contribution in [1.82, 2.24) is 15.0 Å². The summed E-state index contributed by atoms with van der Waals surface area (Å²) in [5.41, 5.74) is 5.35. The quantitative estimate of drug-likeness (QED) is 0.214. The predicted octanol–water partition coefficient (Wildman–Crippen LogP) is 5.95. The Labute approximate surface area is 264 Å². The van der Waals surface area contributed by atoms with Crippen LogP contribution in [0.25, 0.3) is 11.1 Å². The van der Waals surface area contributed by atoms with E-state index in [4.69, 9.17) is 9.26 Å². The third-order valence-corrected chi connectivity index (χ3v) is 8.20. The number of hydrogen-bond donors (Lipinski definition) is 3. The Morgan fingerprint density at radius 2 is 1.78 bits per heavy atom. The van der Waals surface area contributed by atoms with Crippen molar-refractivity contribution in [3.05, 3.63) is 95.4 Å². The van der Waals surface area contributed by atoms with Crippen molar-refractivity contribution in [2.75, 3.05) is 37.4 Å². The fraction of sp³-hybridized carbons (Fsp3) is 0.343. The number of ether oxygens (including phenoxy) is 1. The number of aryl methyl sites for hydroxylation is 2. The lowest BCUT2D eigenvalue weighted by Crippen LogP contribution is -2.49. The van der Waals surface area contributed by atoms with Crippen LogP contribution in [-0.2, 0) is 6.54 Å². The van der Waals surface area contributed by atoms with Crippen LogP contribution >= 0.6 is 0 Å². The van der Waals surface area contributed by atoms with Crippen molar-refractivity contribution in [1.29, 1.82) is 0 Å². The zero-order valence-electron chi connectivity index (χ0n) is 26.4. The van der Waals surface area contributed by atoms with Gasteiger partial charge in [-0.05, 0) is 62.7 Å². The molecule has 236 valence electrons. The number of nitrogens with zero attached hydrogens (tertiary/aromatic N) is 3. The molecule has 0 saturated heterocycles. The lowest BCUT2D eigenvalue weighted by molar-refractivity contribution is 0.0341. The van der Waals surface area contributed by atoms with Gasteiger partial charge in [0.05, 0.1) is 18.2 Å². The zero-order chi connectivity index (χ0) is 32.1. The molecule has 45 heavy (non-hydrogen) atoms. The highest BCUT2D eigenvalue weighted by molar-refractivity contribution is 6.03.